The Balaban J connectivity index is 2.95. The second-order valence-corrected chi connectivity index (χ2v) is 2.74. The van der Waals surface area contributed by atoms with Gasteiger partial charge in [-0.15, -0.1) is 0 Å². The zero-order valence-electron chi connectivity index (χ0n) is 7.16. The molecule has 0 fully saturated rings. The largest absolute Gasteiger partial charge is 0.481 e. The molecule has 0 saturated carbocycles. The predicted octanol–water partition coefficient (Wildman–Crippen LogP) is 1.54. The van der Waals surface area contributed by atoms with Gasteiger partial charge in [0.15, 0.2) is 0 Å². The van der Waals surface area contributed by atoms with Crippen molar-refractivity contribution >= 4 is 17.7 Å². The van der Waals surface area contributed by atoms with E-state index in [0.29, 0.717) is 11.3 Å². The van der Waals surface area contributed by atoms with Crippen LogP contribution in [0, 0.1) is 0 Å². The molecule has 0 radical (unpaired) electrons. The molecule has 0 aliphatic rings. The molecule has 0 amide bonds. The minimum absolute atomic E-state index is 0.00161. The standard InChI is InChI=1S/C10H11NO2/c1-2-8-4-3-7(5-9(8)11)6-10(12)13/h2-5H,1,6,11H2,(H,12,13). The summed E-state index contributed by atoms with van der Waals surface area (Å²) in [5.41, 5.74) is 7.74. The highest BCUT2D eigenvalue weighted by Crippen LogP contribution is 2.15. The molecule has 0 bridgehead atoms. The number of carboxylic acid groups (broad SMARTS) is 1. The van der Waals surface area contributed by atoms with Crippen molar-refractivity contribution in [3.63, 3.8) is 0 Å². The number of rotatable bonds is 3. The molecule has 3 heteroatoms. The third-order valence-corrected chi connectivity index (χ3v) is 1.73. The topological polar surface area (TPSA) is 63.3 Å². The number of benzene rings is 1. The number of hydrogen-bond donors (Lipinski definition) is 2. The number of nitrogen functional groups attached to an aromatic ring is 1. The number of hydrogen-bond acceptors (Lipinski definition) is 2. The van der Waals surface area contributed by atoms with E-state index >= 15 is 0 Å². The van der Waals surface area contributed by atoms with E-state index < -0.39 is 5.97 Å². The molecule has 0 aliphatic heterocycles. The third-order valence-electron chi connectivity index (χ3n) is 1.73. The average molecular weight is 177 g/mol. The Morgan fingerprint density at radius 3 is 2.77 bits per heavy atom. The first kappa shape index (κ1) is 9.32. The smallest absolute Gasteiger partial charge is 0.307 e. The molecule has 3 N–H and O–H groups in total. The van der Waals surface area contributed by atoms with Crippen LogP contribution in [0.15, 0.2) is 24.8 Å². The molecule has 0 aliphatic carbocycles. The summed E-state index contributed by atoms with van der Waals surface area (Å²) in [5, 5.41) is 8.52. The summed E-state index contributed by atoms with van der Waals surface area (Å²) in [6.45, 7) is 3.59. The zero-order chi connectivity index (χ0) is 9.84. The lowest BCUT2D eigenvalue weighted by molar-refractivity contribution is -0.136. The minimum atomic E-state index is -0.856. The summed E-state index contributed by atoms with van der Waals surface area (Å²) in [7, 11) is 0. The van der Waals surface area contributed by atoms with Crippen LogP contribution < -0.4 is 5.73 Å². The van der Waals surface area contributed by atoms with Gasteiger partial charge in [0.05, 0.1) is 6.42 Å². The number of anilines is 1. The van der Waals surface area contributed by atoms with Crippen molar-refractivity contribution in [3.8, 4) is 0 Å². The molecule has 68 valence electrons. The van der Waals surface area contributed by atoms with Crippen LogP contribution in [-0.2, 0) is 11.2 Å². The van der Waals surface area contributed by atoms with E-state index in [9.17, 15) is 4.79 Å². The highest BCUT2D eigenvalue weighted by molar-refractivity contribution is 5.72. The maximum absolute atomic E-state index is 10.4. The third kappa shape index (κ3) is 2.33. The lowest BCUT2D eigenvalue weighted by Gasteiger charge is -2.02. The Kier molecular flexibility index (Phi) is 2.69. The van der Waals surface area contributed by atoms with Crippen molar-refractivity contribution in [1.82, 2.24) is 0 Å². The molecular weight excluding hydrogens is 166 g/mol. The van der Waals surface area contributed by atoms with Gasteiger partial charge in [0.25, 0.3) is 0 Å². The molecule has 3 nitrogen and oxygen atoms in total. The Hall–Kier alpha value is -1.77. The van der Waals surface area contributed by atoms with Crippen LogP contribution in [0.5, 0.6) is 0 Å². The van der Waals surface area contributed by atoms with Gasteiger partial charge < -0.3 is 10.8 Å². The van der Waals surface area contributed by atoms with Crippen molar-refractivity contribution in [2.75, 3.05) is 5.73 Å². The molecule has 1 aromatic rings. The maximum atomic E-state index is 10.4. The van der Waals surface area contributed by atoms with Crippen LogP contribution in [-0.4, -0.2) is 11.1 Å². The van der Waals surface area contributed by atoms with Gasteiger partial charge in [-0.25, -0.2) is 0 Å². The summed E-state index contributed by atoms with van der Waals surface area (Å²) in [6, 6.07) is 5.16. The first-order chi connectivity index (χ1) is 6.13. The zero-order valence-corrected chi connectivity index (χ0v) is 7.16. The fourth-order valence-corrected chi connectivity index (χ4v) is 1.09. The van der Waals surface area contributed by atoms with E-state index in [1.54, 1.807) is 24.3 Å². The lowest BCUT2D eigenvalue weighted by atomic mass is 10.1. The Bertz CT molecular complexity index is 345. The van der Waals surface area contributed by atoms with Crippen molar-refractivity contribution in [3.05, 3.63) is 35.9 Å². The molecular formula is C10H11NO2. The van der Waals surface area contributed by atoms with Crippen molar-refractivity contribution in [2.45, 2.75) is 6.42 Å². The van der Waals surface area contributed by atoms with Crippen molar-refractivity contribution in [1.29, 1.82) is 0 Å². The summed E-state index contributed by atoms with van der Waals surface area (Å²) in [6.07, 6.45) is 1.64. The highest BCUT2D eigenvalue weighted by atomic mass is 16.4. The Labute approximate surface area is 76.5 Å². The van der Waals surface area contributed by atoms with Crippen molar-refractivity contribution in [2.24, 2.45) is 0 Å². The molecule has 1 rings (SSSR count). The van der Waals surface area contributed by atoms with Crippen LogP contribution in [0.4, 0.5) is 5.69 Å². The number of aliphatic carboxylic acids is 1. The second kappa shape index (κ2) is 3.76. The van der Waals surface area contributed by atoms with Crippen LogP contribution >= 0.6 is 0 Å². The van der Waals surface area contributed by atoms with Gasteiger partial charge >= 0.3 is 5.97 Å². The average Bonchev–Trinajstić information content (AvgIpc) is 2.03. The Morgan fingerprint density at radius 2 is 2.31 bits per heavy atom. The fraction of sp³-hybridized carbons (Fsp3) is 0.100. The quantitative estimate of drug-likeness (QED) is 0.688. The maximum Gasteiger partial charge on any atom is 0.307 e. The van der Waals surface area contributed by atoms with Gasteiger partial charge in [-0.05, 0) is 17.2 Å². The SMILES string of the molecule is C=Cc1ccc(CC(=O)O)cc1N. The van der Waals surface area contributed by atoms with Crippen LogP contribution in [0.25, 0.3) is 6.08 Å². The van der Waals surface area contributed by atoms with E-state index in [4.69, 9.17) is 10.8 Å². The molecule has 0 heterocycles. The molecule has 0 spiro atoms. The van der Waals surface area contributed by atoms with E-state index in [0.717, 1.165) is 5.56 Å². The van der Waals surface area contributed by atoms with Gasteiger partial charge in [-0.2, -0.15) is 0 Å². The van der Waals surface area contributed by atoms with Crippen LogP contribution in [0.1, 0.15) is 11.1 Å². The molecule has 0 unspecified atom stereocenters. The van der Waals surface area contributed by atoms with Gasteiger partial charge in [0.2, 0.25) is 0 Å². The summed E-state index contributed by atoms with van der Waals surface area (Å²) in [4.78, 5) is 10.4. The Morgan fingerprint density at radius 1 is 1.62 bits per heavy atom. The fourth-order valence-electron chi connectivity index (χ4n) is 1.09. The molecule has 0 saturated heterocycles. The lowest BCUT2D eigenvalue weighted by Crippen LogP contribution is -2.01. The molecule has 0 atom stereocenters. The van der Waals surface area contributed by atoms with Gasteiger partial charge in [-0.3, -0.25) is 4.79 Å². The van der Waals surface area contributed by atoms with E-state index in [2.05, 4.69) is 6.58 Å². The van der Waals surface area contributed by atoms with Crippen LogP contribution in [0.2, 0.25) is 0 Å². The van der Waals surface area contributed by atoms with E-state index in [1.807, 2.05) is 0 Å². The van der Waals surface area contributed by atoms with E-state index in [-0.39, 0.29) is 6.42 Å². The first-order valence-electron chi connectivity index (χ1n) is 3.86. The number of nitrogens with two attached hydrogens (primary N) is 1. The molecule has 1 aromatic carbocycles. The van der Waals surface area contributed by atoms with Gasteiger partial charge in [0.1, 0.15) is 0 Å². The number of carbonyl (C=O) groups is 1. The monoisotopic (exact) mass is 177 g/mol. The summed E-state index contributed by atoms with van der Waals surface area (Å²) < 4.78 is 0. The molecule has 13 heavy (non-hydrogen) atoms. The summed E-state index contributed by atoms with van der Waals surface area (Å²) in [5.74, 6) is -0.856. The first-order valence-corrected chi connectivity index (χ1v) is 3.86. The highest BCUT2D eigenvalue weighted by Gasteiger charge is 2.01. The van der Waals surface area contributed by atoms with Gasteiger partial charge in [0, 0.05) is 5.69 Å². The predicted molar refractivity (Wildman–Crippen MR) is 52.3 cm³/mol. The van der Waals surface area contributed by atoms with Gasteiger partial charge in [-0.1, -0.05) is 24.8 Å². The van der Waals surface area contributed by atoms with Crippen molar-refractivity contribution < 1.29 is 9.90 Å². The van der Waals surface area contributed by atoms with Crippen LogP contribution in [0.3, 0.4) is 0 Å². The normalized spacial score (nSPS) is 9.54. The summed E-state index contributed by atoms with van der Waals surface area (Å²) >= 11 is 0. The van der Waals surface area contributed by atoms with E-state index in [1.165, 1.54) is 0 Å². The minimum Gasteiger partial charge on any atom is -0.481 e. The molecule has 0 aromatic heterocycles. The number of carboxylic acids is 1. The second-order valence-electron chi connectivity index (χ2n) is 2.74.